The van der Waals surface area contributed by atoms with Crippen molar-refractivity contribution in [1.82, 2.24) is 0 Å². The second kappa shape index (κ2) is 9.96. The number of rotatable bonds is 7. The lowest BCUT2D eigenvalue weighted by molar-refractivity contribution is 0.156. The van der Waals surface area contributed by atoms with E-state index in [9.17, 15) is 4.39 Å². The summed E-state index contributed by atoms with van der Waals surface area (Å²) < 4.78 is 20.2. The number of benzene rings is 1. The molecule has 1 aromatic carbocycles. The van der Waals surface area contributed by atoms with Crippen LogP contribution in [0, 0.1) is 23.6 Å². The summed E-state index contributed by atoms with van der Waals surface area (Å²) in [6, 6.07) is 3.73. The summed E-state index contributed by atoms with van der Waals surface area (Å²) in [5, 5.41) is 0.148. The van der Waals surface area contributed by atoms with E-state index in [4.69, 9.17) is 16.3 Å². The molecule has 150 valence electrons. The molecular formula is C24H34ClFO. The summed E-state index contributed by atoms with van der Waals surface area (Å²) in [7, 11) is 0. The SMILES string of the molecule is C=CCCC1CCC(C2CCC(c3ccc(OCC)c(Cl)c3F)CC2)CC1. The first-order chi connectivity index (χ1) is 13.1. The van der Waals surface area contributed by atoms with Gasteiger partial charge in [-0.05, 0) is 93.6 Å². The van der Waals surface area contributed by atoms with Crippen molar-refractivity contribution in [1.29, 1.82) is 0 Å². The molecule has 2 aliphatic carbocycles. The molecule has 0 N–H and O–H groups in total. The summed E-state index contributed by atoms with van der Waals surface area (Å²) in [5.74, 6) is 3.13. The number of halogens is 2. The Kier molecular flexibility index (Phi) is 7.64. The zero-order valence-electron chi connectivity index (χ0n) is 16.7. The number of ether oxygens (including phenoxy) is 1. The molecule has 0 atom stereocenters. The van der Waals surface area contributed by atoms with Crippen LogP contribution in [0.5, 0.6) is 5.75 Å². The topological polar surface area (TPSA) is 9.23 Å². The van der Waals surface area contributed by atoms with Crippen LogP contribution >= 0.6 is 11.6 Å². The van der Waals surface area contributed by atoms with Crippen molar-refractivity contribution in [2.45, 2.75) is 77.0 Å². The van der Waals surface area contributed by atoms with E-state index < -0.39 is 0 Å². The van der Waals surface area contributed by atoms with E-state index in [1.165, 1.54) is 44.9 Å². The van der Waals surface area contributed by atoms with Crippen LogP contribution in [0.1, 0.15) is 82.6 Å². The molecule has 0 bridgehead atoms. The lowest BCUT2D eigenvalue weighted by Gasteiger charge is -2.38. The van der Waals surface area contributed by atoms with Crippen molar-refractivity contribution in [3.05, 3.63) is 41.2 Å². The number of hydrogen-bond acceptors (Lipinski definition) is 1. The minimum atomic E-state index is -0.270. The van der Waals surface area contributed by atoms with Crippen LogP contribution in [0.2, 0.25) is 5.02 Å². The van der Waals surface area contributed by atoms with Gasteiger partial charge in [0.2, 0.25) is 0 Å². The van der Waals surface area contributed by atoms with Crippen LogP contribution in [0.3, 0.4) is 0 Å². The molecule has 3 rings (SSSR count). The van der Waals surface area contributed by atoms with Gasteiger partial charge in [0, 0.05) is 0 Å². The van der Waals surface area contributed by atoms with Crippen molar-refractivity contribution in [2.24, 2.45) is 17.8 Å². The average Bonchev–Trinajstić information content (AvgIpc) is 2.71. The Morgan fingerprint density at radius 1 is 1.07 bits per heavy atom. The lowest BCUT2D eigenvalue weighted by atomic mass is 9.68. The smallest absolute Gasteiger partial charge is 0.149 e. The Morgan fingerprint density at radius 2 is 1.70 bits per heavy atom. The van der Waals surface area contributed by atoms with Crippen molar-refractivity contribution in [2.75, 3.05) is 6.61 Å². The van der Waals surface area contributed by atoms with Gasteiger partial charge in [-0.25, -0.2) is 4.39 Å². The summed E-state index contributed by atoms with van der Waals surface area (Å²) in [5.41, 5.74) is 0.787. The van der Waals surface area contributed by atoms with Gasteiger partial charge in [-0.1, -0.05) is 36.6 Å². The first-order valence-electron chi connectivity index (χ1n) is 10.9. The third-order valence-electron chi connectivity index (χ3n) is 6.93. The Hall–Kier alpha value is -1.02. The summed E-state index contributed by atoms with van der Waals surface area (Å²) >= 11 is 6.19. The molecular weight excluding hydrogens is 359 g/mol. The van der Waals surface area contributed by atoms with Gasteiger partial charge in [-0.2, -0.15) is 0 Å². The van der Waals surface area contributed by atoms with E-state index in [0.29, 0.717) is 18.3 Å². The van der Waals surface area contributed by atoms with E-state index in [2.05, 4.69) is 12.7 Å². The van der Waals surface area contributed by atoms with Gasteiger partial charge >= 0.3 is 0 Å². The van der Waals surface area contributed by atoms with Crippen molar-refractivity contribution in [3.63, 3.8) is 0 Å². The molecule has 27 heavy (non-hydrogen) atoms. The van der Waals surface area contributed by atoms with Gasteiger partial charge in [-0.15, -0.1) is 6.58 Å². The van der Waals surface area contributed by atoms with Crippen LogP contribution in [-0.4, -0.2) is 6.61 Å². The standard InChI is InChI=1S/C24H34ClFO/c1-3-5-6-17-7-9-18(10-8-17)19-11-13-20(14-12-19)21-15-16-22(27-4-2)23(25)24(21)26/h3,15-20H,1,4-14H2,2H3. The van der Waals surface area contributed by atoms with E-state index in [1.54, 1.807) is 0 Å². The van der Waals surface area contributed by atoms with E-state index in [0.717, 1.165) is 42.6 Å². The van der Waals surface area contributed by atoms with Crippen molar-refractivity contribution >= 4 is 11.6 Å². The molecule has 2 saturated carbocycles. The third kappa shape index (κ3) is 5.08. The highest BCUT2D eigenvalue weighted by Crippen LogP contribution is 2.46. The molecule has 0 heterocycles. The lowest BCUT2D eigenvalue weighted by Crippen LogP contribution is -2.25. The maximum atomic E-state index is 14.7. The predicted octanol–water partition coefficient (Wildman–Crippen LogP) is 7.92. The van der Waals surface area contributed by atoms with E-state index in [-0.39, 0.29) is 10.8 Å². The van der Waals surface area contributed by atoms with Crippen molar-refractivity contribution in [3.8, 4) is 5.75 Å². The Balaban J connectivity index is 1.52. The highest BCUT2D eigenvalue weighted by atomic mass is 35.5. The first kappa shape index (κ1) is 20.7. The molecule has 0 saturated heterocycles. The van der Waals surface area contributed by atoms with E-state index in [1.807, 2.05) is 19.1 Å². The third-order valence-corrected chi connectivity index (χ3v) is 7.28. The fourth-order valence-electron chi connectivity index (χ4n) is 5.33. The van der Waals surface area contributed by atoms with Crippen LogP contribution in [0.15, 0.2) is 24.8 Å². The highest BCUT2D eigenvalue weighted by Gasteiger charge is 2.32. The van der Waals surface area contributed by atoms with E-state index >= 15 is 0 Å². The number of hydrogen-bond donors (Lipinski definition) is 0. The van der Waals surface area contributed by atoms with Gasteiger partial charge in [0.1, 0.15) is 16.6 Å². The Morgan fingerprint density at radius 3 is 2.30 bits per heavy atom. The molecule has 0 amide bonds. The molecule has 0 aromatic heterocycles. The highest BCUT2D eigenvalue weighted by molar-refractivity contribution is 6.32. The molecule has 1 aromatic rings. The zero-order valence-corrected chi connectivity index (χ0v) is 17.4. The second-order valence-corrected chi connectivity index (χ2v) is 8.85. The van der Waals surface area contributed by atoms with Gasteiger partial charge in [0.05, 0.1) is 6.61 Å². The maximum absolute atomic E-state index is 14.7. The van der Waals surface area contributed by atoms with Gasteiger partial charge in [0.25, 0.3) is 0 Å². The zero-order chi connectivity index (χ0) is 19.2. The number of allylic oxidation sites excluding steroid dienone is 1. The van der Waals surface area contributed by atoms with Crippen LogP contribution in [0.25, 0.3) is 0 Å². The summed E-state index contributed by atoms with van der Waals surface area (Å²) in [4.78, 5) is 0. The molecule has 0 aliphatic heterocycles. The summed E-state index contributed by atoms with van der Waals surface area (Å²) in [6.07, 6.45) is 14.7. The second-order valence-electron chi connectivity index (χ2n) is 8.47. The van der Waals surface area contributed by atoms with Crippen LogP contribution < -0.4 is 4.74 Å². The summed E-state index contributed by atoms with van der Waals surface area (Å²) in [6.45, 7) is 6.23. The molecule has 0 unspecified atom stereocenters. The molecule has 0 radical (unpaired) electrons. The fraction of sp³-hybridized carbons (Fsp3) is 0.667. The van der Waals surface area contributed by atoms with Crippen molar-refractivity contribution < 1.29 is 9.13 Å². The molecule has 2 fully saturated rings. The Labute approximate surface area is 169 Å². The normalized spacial score (nSPS) is 28.7. The molecule has 3 heteroatoms. The maximum Gasteiger partial charge on any atom is 0.149 e. The molecule has 1 nitrogen and oxygen atoms in total. The average molecular weight is 393 g/mol. The van der Waals surface area contributed by atoms with Gasteiger partial charge in [-0.3, -0.25) is 0 Å². The molecule has 0 spiro atoms. The minimum Gasteiger partial charge on any atom is -0.492 e. The Bertz CT molecular complexity index is 613. The molecule has 2 aliphatic rings. The monoisotopic (exact) mass is 392 g/mol. The minimum absolute atomic E-state index is 0.148. The van der Waals surface area contributed by atoms with Crippen LogP contribution in [-0.2, 0) is 0 Å². The first-order valence-corrected chi connectivity index (χ1v) is 11.2. The largest absolute Gasteiger partial charge is 0.492 e. The van der Waals surface area contributed by atoms with Gasteiger partial charge in [0.15, 0.2) is 0 Å². The quantitative estimate of drug-likeness (QED) is 0.428. The fourth-order valence-corrected chi connectivity index (χ4v) is 5.56. The van der Waals surface area contributed by atoms with Gasteiger partial charge < -0.3 is 4.74 Å². The predicted molar refractivity (Wildman–Crippen MR) is 112 cm³/mol. The van der Waals surface area contributed by atoms with Crippen LogP contribution in [0.4, 0.5) is 4.39 Å².